The first-order valence-electron chi connectivity index (χ1n) is 34.4. The molecule has 1 atom stereocenters. The molecule has 0 saturated carbocycles. The molecule has 0 heterocycles. The van der Waals surface area contributed by atoms with Crippen molar-refractivity contribution in [3.8, 4) is 0 Å². The zero-order valence-corrected chi connectivity index (χ0v) is 52.6. The highest BCUT2D eigenvalue weighted by Crippen LogP contribution is 2.18. The molecule has 0 N–H and O–H groups in total. The Morgan fingerprint density at radius 1 is 0.266 bits per heavy atom. The Morgan fingerprint density at radius 3 is 0.823 bits per heavy atom. The van der Waals surface area contributed by atoms with Crippen LogP contribution in [0.5, 0.6) is 0 Å². The van der Waals surface area contributed by atoms with Crippen LogP contribution in [0.2, 0.25) is 0 Å². The summed E-state index contributed by atoms with van der Waals surface area (Å²) in [5, 5.41) is 0. The van der Waals surface area contributed by atoms with Gasteiger partial charge in [0.2, 0.25) is 0 Å². The minimum atomic E-state index is -0.786. The van der Waals surface area contributed by atoms with Crippen LogP contribution in [0.3, 0.4) is 0 Å². The summed E-state index contributed by atoms with van der Waals surface area (Å²) >= 11 is 0. The van der Waals surface area contributed by atoms with E-state index in [-0.39, 0.29) is 31.1 Å². The van der Waals surface area contributed by atoms with Crippen LogP contribution in [-0.2, 0) is 28.6 Å². The summed E-state index contributed by atoms with van der Waals surface area (Å²) in [4.78, 5) is 38.3. The molecule has 0 rings (SSSR count). The van der Waals surface area contributed by atoms with Crippen molar-refractivity contribution < 1.29 is 28.6 Å². The van der Waals surface area contributed by atoms with Gasteiger partial charge in [-0.25, -0.2) is 0 Å². The molecule has 6 heteroatoms. The van der Waals surface area contributed by atoms with Crippen molar-refractivity contribution in [2.75, 3.05) is 13.2 Å². The summed E-state index contributed by atoms with van der Waals surface area (Å²) in [6, 6.07) is 0. The van der Waals surface area contributed by atoms with Crippen molar-refractivity contribution in [1.29, 1.82) is 0 Å². The molecule has 0 aromatic rings. The molecule has 0 aromatic heterocycles. The minimum Gasteiger partial charge on any atom is -0.462 e. The van der Waals surface area contributed by atoms with Crippen molar-refractivity contribution >= 4 is 17.9 Å². The number of allylic oxidation sites excluding steroid dienone is 12. The van der Waals surface area contributed by atoms with Crippen LogP contribution >= 0.6 is 0 Å². The Morgan fingerprint density at radius 2 is 0.506 bits per heavy atom. The number of esters is 3. The van der Waals surface area contributed by atoms with Crippen LogP contribution in [0.4, 0.5) is 0 Å². The summed E-state index contributed by atoms with van der Waals surface area (Å²) in [5.74, 6) is -0.890. The first-order chi connectivity index (χ1) is 39.0. The number of carbonyl (C=O) groups is 3. The van der Waals surface area contributed by atoms with Gasteiger partial charge in [-0.05, 0) is 103 Å². The van der Waals surface area contributed by atoms with Gasteiger partial charge < -0.3 is 14.2 Å². The molecule has 0 spiro atoms. The lowest BCUT2D eigenvalue weighted by atomic mass is 10.0. The van der Waals surface area contributed by atoms with Crippen LogP contribution in [-0.4, -0.2) is 37.2 Å². The minimum absolute atomic E-state index is 0.0813. The molecule has 0 aromatic carbocycles. The van der Waals surface area contributed by atoms with Gasteiger partial charge in [0.1, 0.15) is 13.2 Å². The van der Waals surface area contributed by atoms with Crippen molar-refractivity contribution in [3.63, 3.8) is 0 Å². The summed E-state index contributed by atoms with van der Waals surface area (Å²) in [5.41, 5.74) is 0. The van der Waals surface area contributed by atoms with E-state index in [1.54, 1.807) is 0 Å². The molecule has 6 nitrogen and oxygen atoms in total. The van der Waals surface area contributed by atoms with E-state index in [0.29, 0.717) is 19.3 Å². The van der Waals surface area contributed by atoms with Gasteiger partial charge in [-0.3, -0.25) is 14.4 Å². The summed E-state index contributed by atoms with van der Waals surface area (Å²) in [6.45, 7) is 6.51. The zero-order chi connectivity index (χ0) is 57.1. The molecule has 0 fully saturated rings. The summed E-state index contributed by atoms with van der Waals surface area (Å²) in [7, 11) is 0. The molecule has 1 unspecified atom stereocenters. The fourth-order valence-electron chi connectivity index (χ4n) is 10.0. The Labute approximate surface area is 491 Å². The Hall–Kier alpha value is -3.15. The third-order valence-electron chi connectivity index (χ3n) is 15.2. The second-order valence-corrected chi connectivity index (χ2v) is 23.1. The molecule has 0 aliphatic heterocycles. The van der Waals surface area contributed by atoms with E-state index in [4.69, 9.17) is 14.2 Å². The average Bonchev–Trinajstić information content (AvgIpc) is 3.45. The topological polar surface area (TPSA) is 78.9 Å². The van der Waals surface area contributed by atoms with E-state index < -0.39 is 6.10 Å². The van der Waals surface area contributed by atoms with Gasteiger partial charge in [-0.2, -0.15) is 0 Å². The fourth-order valence-corrected chi connectivity index (χ4v) is 10.0. The molecule has 0 amide bonds. The predicted molar refractivity (Wildman–Crippen MR) is 344 cm³/mol. The summed E-state index contributed by atoms with van der Waals surface area (Å²) < 4.78 is 16.9. The first kappa shape index (κ1) is 75.8. The highest BCUT2D eigenvalue weighted by Gasteiger charge is 2.19. The van der Waals surface area contributed by atoms with Gasteiger partial charge in [0, 0.05) is 19.3 Å². The lowest BCUT2D eigenvalue weighted by molar-refractivity contribution is -0.167. The Balaban J connectivity index is 4.15. The second-order valence-electron chi connectivity index (χ2n) is 23.1. The lowest BCUT2D eigenvalue weighted by Gasteiger charge is -2.18. The number of carbonyl (C=O) groups excluding carboxylic acids is 3. The van der Waals surface area contributed by atoms with Gasteiger partial charge in [0.25, 0.3) is 0 Å². The maximum Gasteiger partial charge on any atom is 0.306 e. The molecule has 0 aliphatic rings. The molecule has 0 saturated heterocycles. The van der Waals surface area contributed by atoms with Crippen molar-refractivity contribution in [1.82, 2.24) is 0 Å². The average molecular weight is 1100 g/mol. The van der Waals surface area contributed by atoms with Crippen LogP contribution in [0.15, 0.2) is 72.9 Å². The molecule has 0 aliphatic carbocycles. The SMILES string of the molecule is CC/C=C\C/C=C\C/C=C\C/C=C\CCCCCCCCC(=O)OC(COC(=O)CCCCCCC/C=C\CCCC)COC(=O)CCCCCCCCCCCCCCCCCCCCC/C=C\CCCCCCCCCC. The normalized spacial score (nSPS) is 12.5. The highest BCUT2D eigenvalue weighted by atomic mass is 16.6. The van der Waals surface area contributed by atoms with Crippen LogP contribution < -0.4 is 0 Å². The number of hydrogen-bond donors (Lipinski definition) is 0. The van der Waals surface area contributed by atoms with E-state index >= 15 is 0 Å². The number of hydrogen-bond acceptors (Lipinski definition) is 6. The van der Waals surface area contributed by atoms with Crippen molar-refractivity contribution in [2.45, 2.75) is 361 Å². The fraction of sp³-hybridized carbons (Fsp3) is 0.795. The maximum atomic E-state index is 12.9. The number of ether oxygens (including phenoxy) is 3. The van der Waals surface area contributed by atoms with Gasteiger partial charge in [-0.15, -0.1) is 0 Å². The molecule has 458 valence electrons. The van der Waals surface area contributed by atoms with E-state index in [9.17, 15) is 14.4 Å². The molecule has 0 bridgehead atoms. The molecule has 79 heavy (non-hydrogen) atoms. The second kappa shape index (κ2) is 67.4. The van der Waals surface area contributed by atoms with E-state index in [0.717, 1.165) is 103 Å². The van der Waals surface area contributed by atoms with Gasteiger partial charge >= 0.3 is 17.9 Å². The Bertz CT molecular complexity index is 1450. The standard InChI is InChI=1S/C73H130O6/c1-4-7-10-13-16-19-22-24-26-28-30-31-32-33-34-35-36-37-38-39-40-41-43-44-46-48-51-54-57-60-63-66-72(75)78-69-70(68-77-71(74)65-62-59-56-53-50-21-18-15-12-9-6-3)79-73(76)67-64-61-58-55-52-49-47-45-42-29-27-25-23-20-17-14-11-8-5-2/h8,11,15,17-18,20,25,27-28,30,42,45,70H,4-7,9-10,12-14,16,19,21-24,26,29,31-41,43-44,46-69H2,1-3H3/b11-8-,18-15-,20-17-,27-25-,30-28-,45-42-. The number of unbranched alkanes of at least 4 members (excludes halogenated alkanes) is 40. The van der Waals surface area contributed by atoms with Crippen molar-refractivity contribution in [2.24, 2.45) is 0 Å². The quantitative estimate of drug-likeness (QED) is 0.0261. The van der Waals surface area contributed by atoms with E-state index in [2.05, 4.69) is 93.7 Å². The monoisotopic (exact) mass is 1100 g/mol. The van der Waals surface area contributed by atoms with Gasteiger partial charge in [0.05, 0.1) is 0 Å². The van der Waals surface area contributed by atoms with E-state index in [1.165, 1.54) is 212 Å². The predicted octanol–water partition coefficient (Wildman–Crippen LogP) is 23.7. The highest BCUT2D eigenvalue weighted by molar-refractivity contribution is 5.71. The first-order valence-corrected chi connectivity index (χ1v) is 34.4. The maximum absolute atomic E-state index is 12.9. The molecule has 0 radical (unpaired) electrons. The molecular formula is C73H130O6. The van der Waals surface area contributed by atoms with Gasteiger partial charge in [-0.1, -0.05) is 306 Å². The van der Waals surface area contributed by atoms with Crippen molar-refractivity contribution in [3.05, 3.63) is 72.9 Å². The third-order valence-corrected chi connectivity index (χ3v) is 15.2. The third kappa shape index (κ3) is 65.5. The lowest BCUT2D eigenvalue weighted by Crippen LogP contribution is -2.30. The van der Waals surface area contributed by atoms with Crippen LogP contribution in [0.25, 0.3) is 0 Å². The molecular weight excluding hydrogens is 973 g/mol. The van der Waals surface area contributed by atoms with E-state index in [1.807, 2.05) is 0 Å². The van der Waals surface area contributed by atoms with Crippen LogP contribution in [0.1, 0.15) is 355 Å². The van der Waals surface area contributed by atoms with Crippen LogP contribution in [0, 0.1) is 0 Å². The summed E-state index contributed by atoms with van der Waals surface area (Å²) in [6.07, 6.45) is 88.0. The zero-order valence-electron chi connectivity index (χ0n) is 52.6. The Kier molecular flexibility index (Phi) is 64.7. The largest absolute Gasteiger partial charge is 0.462 e. The van der Waals surface area contributed by atoms with Gasteiger partial charge in [0.15, 0.2) is 6.10 Å². The number of rotatable bonds is 63. The smallest absolute Gasteiger partial charge is 0.306 e.